The van der Waals surface area contributed by atoms with E-state index in [0.717, 1.165) is 4.90 Å². The van der Waals surface area contributed by atoms with Gasteiger partial charge in [-0.1, -0.05) is 24.3 Å². The lowest BCUT2D eigenvalue weighted by atomic mass is 9.84. The zero-order valence-electron chi connectivity index (χ0n) is 18.5. The molecule has 0 bridgehead atoms. The summed E-state index contributed by atoms with van der Waals surface area (Å²) in [6, 6.07) is 11.3. The second-order valence-corrected chi connectivity index (χ2v) is 9.10. The van der Waals surface area contributed by atoms with Gasteiger partial charge in [0.2, 0.25) is 5.91 Å². The fourth-order valence-corrected chi connectivity index (χ4v) is 4.82. The summed E-state index contributed by atoms with van der Waals surface area (Å²) in [4.78, 5) is 42.0. The van der Waals surface area contributed by atoms with Crippen LogP contribution in [0, 0.1) is 22.6 Å². The Labute approximate surface area is 191 Å². The van der Waals surface area contributed by atoms with E-state index in [9.17, 15) is 29.1 Å². The highest BCUT2D eigenvalue weighted by Gasteiger charge is 2.52. The molecular formula is C25H24FN3O4. The Morgan fingerprint density at radius 2 is 1.76 bits per heavy atom. The number of hydrogen-bond acceptors (Lipinski definition) is 5. The average molecular weight is 449 g/mol. The molecule has 3 amide bonds. The average Bonchev–Trinajstić information content (AvgIpc) is 3.27. The van der Waals surface area contributed by atoms with Crippen LogP contribution in [0.5, 0.6) is 0 Å². The summed E-state index contributed by atoms with van der Waals surface area (Å²) in [6.07, 6.45) is -0.953. The molecule has 1 saturated heterocycles. The molecule has 4 atom stereocenters. The first kappa shape index (κ1) is 22.6. The smallest absolute Gasteiger partial charge is 0.262 e. The van der Waals surface area contributed by atoms with Gasteiger partial charge in [-0.05, 0) is 57.0 Å². The second kappa shape index (κ2) is 8.09. The third-order valence-corrected chi connectivity index (χ3v) is 6.60. The summed E-state index contributed by atoms with van der Waals surface area (Å²) in [5.41, 5.74) is -0.222. The Morgan fingerprint density at radius 3 is 2.30 bits per heavy atom. The lowest BCUT2D eigenvalue weighted by molar-refractivity contribution is -0.140. The van der Waals surface area contributed by atoms with Crippen molar-refractivity contribution >= 4 is 17.7 Å². The van der Waals surface area contributed by atoms with Gasteiger partial charge in [0.25, 0.3) is 11.8 Å². The minimum absolute atomic E-state index is 0.0995. The Morgan fingerprint density at radius 1 is 1.15 bits per heavy atom. The third-order valence-electron chi connectivity index (χ3n) is 6.60. The Kier molecular flexibility index (Phi) is 5.54. The number of rotatable bonds is 4. The van der Waals surface area contributed by atoms with Crippen LogP contribution in [0.15, 0.2) is 48.5 Å². The Bertz CT molecular complexity index is 1150. The van der Waals surface area contributed by atoms with Crippen LogP contribution in [0.1, 0.15) is 59.5 Å². The molecule has 8 heteroatoms. The first-order valence-electron chi connectivity index (χ1n) is 10.7. The van der Waals surface area contributed by atoms with Crippen molar-refractivity contribution in [2.75, 3.05) is 0 Å². The number of hydrogen-bond donors (Lipinski definition) is 1. The fraction of sp³-hybridized carbons (Fsp3) is 0.360. The summed E-state index contributed by atoms with van der Waals surface area (Å²) in [5.74, 6) is -2.27. The van der Waals surface area contributed by atoms with E-state index in [0.29, 0.717) is 5.56 Å². The normalized spacial score (nSPS) is 23.5. The van der Waals surface area contributed by atoms with Crippen LogP contribution in [0.3, 0.4) is 0 Å². The van der Waals surface area contributed by atoms with Crippen molar-refractivity contribution in [3.8, 4) is 6.07 Å². The molecule has 2 aromatic carbocycles. The van der Waals surface area contributed by atoms with E-state index in [1.165, 1.54) is 42.2 Å². The Balaban J connectivity index is 1.75. The largest absolute Gasteiger partial charge is 0.391 e. The van der Waals surface area contributed by atoms with E-state index in [-0.39, 0.29) is 17.5 Å². The van der Waals surface area contributed by atoms with Gasteiger partial charge in [0, 0.05) is 0 Å². The fourth-order valence-electron chi connectivity index (χ4n) is 4.82. The molecule has 0 radical (unpaired) electrons. The van der Waals surface area contributed by atoms with Crippen LogP contribution < -0.4 is 0 Å². The van der Waals surface area contributed by atoms with Crippen molar-refractivity contribution in [3.63, 3.8) is 0 Å². The minimum atomic E-state index is -1.18. The number of carbonyl (C=O) groups excluding carboxylic acids is 3. The number of carbonyl (C=O) groups is 3. The number of nitriles is 1. The van der Waals surface area contributed by atoms with Crippen molar-refractivity contribution in [2.24, 2.45) is 5.41 Å². The first-order chi connectivity index (χ1) is 15.6. The number of likely N-dealkylation sites (tertiary alicyclic amines) is 1. The van der Waals surface area contributed by atoms with Gasteiger partial charge in [-0.3, -0.25) is 19.3 Å². The van der Waals surface area contributed by atoms with Crippen molar-refractivity contribution in [2.45, 2.75) is 51.4 Å². The monoisotopic (exact) mass is 449 g/mol. The molecule has 1 fully saturated rings. The highest BCUT2D eigenvalue weighted by molar-refractivity contribution is 6.22. The molecule has 0 aliphatic carbocycles. The number of benzene rings is 2. The van der Waals surface area contributed by atoms with Gasteiger partial charge < -0.3 is 10.0 Å². The van der Waals surface area contributed by atoms with Gasteiger partial charge in [0.05, 0.1) is 40.8 Å². The number of nitrogens with zero attached hydrogens (tertiary/aromatic N) is 3. The Hall–Kier alpha value is -3.57. The molecule has 2 aliphatic rings. The van der Waals surface area contributed by atoms with Crippen molar-refractivity contribution in [1.82, 2.24) is 9.80 Å². The number of aliphatic hydroxyl groups is 1. The molecule has 1 N–H and O–H groups in total. The molecule has 1 unspecified atom stereocenters. The summed E-state index contributed by atoms with van der Waals surface area (Å²) < 4.78 is 14.0. The molecule has 7 nitrogen and oxygen atoms in total. The van der Waals surface area contributed by atoms with Crippen LogP contribution in [0.4, 0.5) is 4.39 Å². The molecule has 0 spiro atoms. The van der Waals surface area contributed by atoms with Gasteiger partial charge >= 0.3 is 0 Å². The highest BCUT2D eigenvalue weighted by atomic mass is 19.1. The first-order valence-corrected chi connectivity index (χ1v) is 10.7. The predicted octanol–water partition coefficient (Wildman–Crippen LogP) is 3.06. The van der Waals surface area contributed by atoms with E-state index in [2.05, 4.69) is 6.07 Å². The molecular weight excluding hydrogens is 425 g/mol. The molecule has 2 aromatic rings. The summed E-state index contributed by atoms with van der Waals surface area (Å²) in [5, 5.41) is 20.6. The third kappa shape index (κ3) is 3.58. The van der Waals surface area contributed by atoms with Gasteiger partial charge in [-0.15, -0.1) is 0 Å². The number of halogens is 1. The highest BCUT2D eigenvalue weighted by Crippen LogP contribution is 2.44. The lowest BCUT2D eigenvalue weighted by Crippen LogP contribution is -2.54. The van der Waals surface area contributed by atoms with Crippen LogP contribution in [-0.2, 0) is 4.79 Å². The topological polar surface area (TPSA) is 102 Å². The van der Waals surface area contributed by atoms with E-state index in [1.807, 2.05) is 0 Å². The number of imide groups is 1. The van der Waals surface area contributed by atoms with Crippen LogP contribution in [0.2, 0.25) is 0 Å². The SMILES string of the molecule is CC(C(=O)N1[C@H](c2cccc(F)c2)[C@H](O)C[C@@H]1C(C)(C)C#N)N1C(=O)c2ccccc2C1=O. The maximum Gasteiger partial charge on any atom is 0.262 e. The molecule has 0 saturated carbocycles. The maximum atomic E-state index is 14.0. The van der Waals surface area contributed by atoms with Crippen LogP contribution >= 0.6 is 0 Å². The van der Waals surface area contributed by atoms with Gasteiger partial charge in [0.15, 0.2) is 0 Å². The molecule has 2 heterocycles. The predicted molar refractivity (Wildman–Crippen MR) is 116 cm³/mol. The molecule has 33 heavy (non-hydrogen) atoms. The lowest BCUT2D eigenvalue weighted by Gasteiger charge is -2.39. The number of amides is 3. The van der Waals surface area contributed by atoms with E-state index in [1.54, 1.807) is 32.0 Å². The maximum absolute atomic E-state index is 14.0. The van der Waals surface area contributed by atoms with E-state index < -0.39 is 53.2 Å². The molecule has 170 valence electrons. The van der Waals surface area contributed by atoms with Crippen molar-refractivity contribution in [1.29, 1.82) is 5.26 Å². The van der Waals surface area contributed by atoms with Gasteiger partial charge in [-0.25, -0.2) is 4.39 Å². The van der Waals surface area contributed by atoms with Gasteiger partial charge in [-0.2, -0.15) is 5.26 Å². The number of aliphatic hydroxyl groups excluding tert-OH is 1. The standard InChI is InChI=1S/C25H24FN3O4/c1-14(28-23(32)17-9-4-5-10-18(17)24(28)33)22(31)29-20(25(2,3)13-27)12-19(30)21(29)15-7-6-8-16(26)11-15/h4-11,14,19-21,30H,12H2,1-3H3/t14?,19-,20-,21-/m1/s1. The molecule has 0 aromatic heterocycles. The minimum Gasteiger partial charge on any atom is -0.391 e. The van der Waals surface area contributed by atoms with Gasteiger partial charge in [0.1, 0.15) is 11.9 Å². The van der Waals surface area contributed by atoms with Crippen molar-refractivity contribution < 1.29 is 23.9 Å². The summed E-state index contributed by atoms with van der Waals surface area (Å²) in [7, 11) is 0. The second-order valence-electron chi connectivity index (χ2n) is 9.10. The quantitative estimate of drug-likeness (QED) is 0.723. The zero-order valence-corrected chi connectivity index (χ0v) is 18.5. The molecule has 2 aliphatic heterocycles. The molecule has 4 rings (SSSR count). The van der Waals surface area contributed by atoms with Crippen LogP contribution in [0.25, 0.3) is 0 Å². The zero-order chi connectivity index (χ0) is 24.1. The van der Waals surface area contributed by atoms with E-state index in [4.69, 9.17) is 0 Å². The van der Waals surface area contributed by atoms with Crippen molar-refractivity contribution in [3.05, 3.63) is 71.0 Å². The summed E-state index contributed by atoms with van der Waals surface area (Å²) in [6.45, 7) is 4.77. The summed E-state index contributed by atoms with van der Waals surface area (Å²) >= 11 is 0. The van der Waals surface area contributed by atoms with E-state index >= 15 is 0 Å². The van der Waals surface area contributed by atoms with Crippen LogP contribution in [-0.4, -0.2) is 50.8 Å². The number of fused-ring (bicyclic) bond motifs is 1.